The van der Waals surface area contributed by atoms with Gasteiger partial charge in [-0.05, 0) is 12.1 Å². The molecule has 0 bridgehead atoms. The van der Waals surface area contributed by atoms with Gasteiger partial charge >= 0.3 is 12.3 Å². The Hall–Kier alpha value is -2.45. The fourth-order valence-electron chi connectivity index (χ4n) is 1.33. The fraction of sp³-hybridized carbons (Fsp3) is 0.111. The first kappa shape index (κ1) is 12.0. The second kappa shape index (κ2) is 4.09. The summed E-state index contributed by atoms with van der Waals surface area (Å²) in [6, 6.07) is 4.38. The van der Waals surface area contributed by atoms with E-state index in [1.807, 2.05) is 0 Å². The highest BCUT2D eigenvalue weighted by Crippen LogP contribution is 2.27. The number of alkyl halides is 3. The maximum Gasteiger partial charge on any atom is 0.506 e. The second-order valence-electron chi connectivity index (χ2n) is 3.19. The summed E-state index contributed by atoms with van der Waals surface area (Å²) in [6.45, 7) is 0. The molecule has 0 saturated carbocycles. The number of hydrogen-bond donors (Lipinski definition) is 1. The molecule has 2 aromatic heterocycles. The molecule has 0 unspecified atom stereocenters. The molecule has 0 aliphatic carbocycles. The number of carbonyl (C=O) groups is 1. The summed E-state index contributed by atoms with van der Waals surface area (Å²) in [5, 5.41) is 14.9. The lowest BCUT2D eigenvalue weighted by molar-refractivity contribution is -0.214. The highest BCUT2D eigenvalue weighted by Gasteiger charge is 2.39. The average molecular weight is 258 g/mol. The maximum absolute atomic E-state index is 12.5. The van der Waals surface area contributed by atoms with Crippen molar-refractivity contribution in [1.82, 2.24) is 20.0 Å². The number of carboxylic acid groups (broad SMARTS) is 1. The molecule has 2 heterocycles. The van der Waals surface area contributed by atoms with Crippen molar-refractivity contribution in [3.05, 3.63) is 30.1 Å². The van der Waals surface area contributed by atoms with E-state index in [4.69, 9.17) is 5.11 Å². The normalized spacial score (nSPS) is 11.5. The minimum absolute atomic E-state index is 0.00500. The molecule has 0 fully saturated rings. The van der Waals surface area contributed by atoms with Crippen molar-refractivity contribution in [1.29, 1.82) is 0 Å². The van der Waals surface area contributed by atoms with E-state index < -0.39 is 28.3 Å². The number of carboxylic acids is 1. The van der Waals surface area contributed by atoms with E-state index >= 15 is 0 Å². The highest BCUT2D eigenvalue weighted by atomic mass is 19.4. The van der Waals surface area contributed by atoms with Crippen LogP contribution in [0.5, 0.6) is 0 Å². The van der Waals surface area contributed by atoms with Crippen LogP contribution in [-0.4, -0.2) is 31.1 Å². The van der Waals surface area contributed by atoms with Crippen LogP contribution in [0.25, 0.3) is 11.4 Å². The Morgan fingerprint density at radius 2 is 2.06 bits per heavy atom. The third-order valence-electron chi connectivity index (χ3n) is 2.02. The fourth-order valence-corrected chi connectivity index (χ4v) is 1.33. The maximum atomic E-state index is 12.5. The average Bonchev–Trinajstić information content (AvgIpc) is 2.74. The van der Waals surface area contributed by atoms with Crippen molar-refractivity contribution in [3.8, 4) is 11.4 Å². The van der Waals surface area contributed by atoms with Crippen molar-refractivity contribution >= 4 is 5.97 Å². The Kier molecular flexibility index (Phi) is 2.73. The number of halogens is 3. The molecule has 0 aliphatic heterocycles. The number of pyridine rings is 1. The predicted molar refractivity (Wildman–Crippen MR) is 51.5 cm³/mol. The molecule has 6 nitrogen and oxygen atoms in total. The first-order chi connectivity index (χ1) is 8.41. The number of aromatic nitrogens is 4. The molecule has 0 aliphatic rings. The van der Waals surface area contributed by atoms with Crippen LogP contribution in [0, 0.1) is 0 Å². The lowest BCUT2D eigenvalue weighted by atomic mass is 10.2. The molecule has 0 atom stereocenters. The zero-order valence-electron chi connectivity index (χ0n) is 8.59. The topological polar surface area (TPSA) is 80.9 Å². The number of nitrogens with zero attached hydrogens (tertiary/aromatic N) is 4. The molecule has 1 N–H and O–H groups in total. The quantitative estimate of drug-likeness (QED) is 0.883. The summed E-state index contributed by atoms with van der Waals surface area (Å²) in [6.07, 6.45) is -3.64. The molecule has 0 amide bonds. The summed E-state index contributed by atoms with van der Waals surface area (Å²) in [7, 11) is 0. The summed E-state index contributed by atoms with van der Waals surface area (Å²) in [5.41, 5.74) is -1.49. The molecule has 0 saturated heterocycles. The number of rotatable bonds is 2. The smallest absolute Gasteiger partial charge is 0.476 e. The van der Waals surface area contributed by atoms with Crippen molar-refractivity contribution in [2.75, 3.05) is 0 Å². The third-order valence-corrected chi connectivity index (χ3v) is 2.02. The molecule has 2 aromatic rings. The van der Waals surface area contributed by atoms with Gasteiger partial charge in [-0.15, -0.1) is 23.0 Å². The van der Waals surface area contributed by atoms with Gasteiger partial charge in [0.15, 0.2) is 5.69 Å². The van der Waals surface area contributed by atoms with Gasteiger partial charge in [-0.2, -0.15) is 0 Å². The van der Waals surface area contributed by atoms with Crippen LogP contribution in [0.3, 0.4) is 0 Å². The lowest BCUT2D eigenvalue weighted by Gasteiger charge is -2.06. The van der Waals surface area contributed by atoms with Crippen LogP contribution in [0.2, 0.25) is 0 Å². The molecule has 0 aromatic carbocycles. The minimum atomic E-state index is -4.95. The van der Waals surface area contributed by atoms with Gasteiger partial charge in [0.1, 0.15) is 5.69 Å². The van der Waals surface area contributed by atoms with Crippen molar-refractivity contribution < 1.29 is 23.1 Å². The first-order valence-electron chi connectivity index (χ1n) is 4.59. The van der Waals surface area contributed by atoms with Gasteiger partial charge in [0, 0.05) is 6.20 Å². The summed E-state index contributed by atoms with van der Waals surface area (Å²) in [5.74, 6) is -1.78. The Morgan fingerprint density at radius 1 is 1.33 bits per heavy atom. The van der Waals surface area contributed by atoms with E-state index in [0.29, 0.717) is 0 Å². The molecule has 9 heteroatoms. The summed E-state index contributed by atoms with van der Waals surface area (Å²) >= 11 is 0. The van der Waals surface area contributed by atoms with Crippen LogP contribution in [-0.2, 0) is 6.30 Å². The monoisotopic (exact) mass is 258 g/mol. The Balaban J connectivity index is 2.64. The molecular weight excluding hydrogens is 253 g/mol. The van der Waals surface area contributed by atoms with Crippen molar-refractivity contribution in [3.63, 3.8) is 0 Å². The zero-order chi connectivity index (χ0) is 13.3. The van der Waals surface area contributed by atoms with Gasteiger partial charge in [0.25, 0.3) is 0 Å². The highest BCUT2D eigenvalue weighted by molar-refractivity contribution is 5.92. The van der Waals surface area contributed by atoms with Crippen molar-refractivity contribution in [2.24, 2.45) is 0 Å². The third kappa shape index (κ3) is 2.01. The molecule has 0 spiro atoms. The second-order valence-corrected chi connectivity index (χ2v) is 3.19. The van der Waals surface area contributed by atoms with Gasteiger partial charge in [-0.3, -0.25) is 4.98 Å². The lowest BCUT2D eigenvalue weighted by Crippen LogP contribution is -2.23. The first-order valence-corrected chi connectivity index (χ1v) is 4.59. The van der Waals surface area contributed by atoms with E-state index in [9.17, 15) is 18.0 Å². The Labute approximate surface area is 97.7 Å². The van der Waals surface area contributed by atoms with Gasteiger partial charge in [0.2, 0.25) is 0 Å². The van der Waals surface area contributed by atoms with Crippen LogP contribution >= 0.6 is 0 Å². The molecule has 2 rings (SSSR count). The predicted octanol–water partition coefficient (Wildman–Crippen LogP) is 1.51. The van der Waals surface area contributed by atoms with E-state index in [0.717, 1.165) is 0 Å². The molecule has 18 heavy (non-hydrogen) atoms. The van der Waals surface area contributed by atoms with Gasteiger partial charge in [0.05, 0.1) is 5.69 Å². The van der Waals surface area contributed by atoms with E-state index in [1.165, 1.54) is 24.4 Å². The molecular formula is C9H5F3N4O2. The standard InChI is InChI=1S/C9H5F3N4O2/c10-9(11,12)16-7(8(17)18)6(14-15-16)5-3-1-2-4-13-5/h1-4H,(H,17,18). The van der Waals surface area contributed by atoms with Crippen LogP contribution in [0.1, 0.15) is 10.5 Å². The minimum Gasteiger partial charge on any atom is -0.476 e. The van der Waals surface area contributed by atoms with Gasteiger partial charge in [-0.1, -0.05) is 11.3 Å². The van der Waals surface area contributed by atoms with Gasteiger partial charge < -0.3 is 5.11 Å². The van der Waals surface area contributed by atoms with E-state index in [2.05, 4.69) is 15.3 Å². The Morgan fingerprint density at radius 3 is 2.56 bits per heavy atom. The SMILES string of the molecule is O=C(O)c1c(-c2ccccn2)nnn1C(F)(F)F. The van der Waals surface area contributed by atoms with Gasteiger partial charge in [-0.25, -0.2) is 4.79 Å². The van der Waals surface area contributed by atoms with Crippen LogP contribution in [0.15, 0.2) is 24.4 Å². The molecule has 0 radical (unpaired) electrons. The van der Waals surface area contributed by atoms with Crippen molar-refractivity contribution in [2.45, 2.75) is 6.30 Å². The summed E-state index contributed by atoms with van der Waals surface area (Å²) < 4.78 is 36.9. The zero-order valence-corrected chi connectivity index (χ0v) is 8.59. The van der Waals surface area contributed by atoms with Crippen LogP contribution < -0.4 is 0 Å². The van der Waals surface area contributed by atoms with E-state index in [-0.39, 0.29) is 5.69 Å². The largest absolute Gasteiger partial charge is 0.506 e. The Bertz CT molecular complexity index is 579. The summed E-state index contributed by atoms with van der Waals surface area (Å²) in [4.78, 5) is 14.6. The van der Waals surface area contributed by atoms with Crippen LogP contribution in [0.4, 0.5) is 13.2 Å². The number of aromatic carboxylic acids is 1. The van der Waals surface area contributed by atoms with E-state index in [1.54, 1.807) is 0 Å². The molecule has 94 valence electrons. The number of hydrogen-bond acceptors (Lipinski definition) is 4.